The maximum absolute atomic E-state index is 12.5. The van der Waals surface area contributed by atoms with Crippen LogP contribution in [0.25, 0.3) is 0 Å². The lowest BCUT2D eigenvalue weighted by Crippen LogP contribution is -2.41. The van der Waals surface area contributed by atoms with Gasteiger partial charge >= 0.3 is 0 Å². The van der Waals surface area contributed by atoms with Gasteiger partial charge in [0.2, 0.25) is 11.8 Å². The number of hydrogen-bond donors (Lipinski definition) is 1. The van der Waals surface area contributed by atoms with E-state index in [0.29, 0.717) is 11.7 Å². The van der Waals surface area contributed by atoms with Gasteiger partial charge in [0.25, 0.3) is 0 Å². The summed E-state index contributed by atoms with van der Waals surface area (Å²) >= 11 is 1.47. The van der Waals surface area contributed by atoms with E-state index in [-0.39, 0.29) is 24.3 Å². The maximum Gasteiger partial charge on any atom is 0.245 e. The highest BCUT2D eigenvalue weighted by Crippen LogP contribution is 2.25. The number of carbonyl (C=O) groups excluding carboxylic acids is 2. The zero-order chi connectivity index (χ0) is 16.1. The van der Waals surface area contributed by atoms with Crippen molar-refractivity contribution >= 4 is 28.3 Å². The molecule has 5 nitrogen and oxygen atoms in total. The van der Waals surface area contributed by atoms with Gasteiger partial charge in [-0.2, -0.15) is 0 Å². The number of likely N-dealkylation sites (N-methyl/N-ethyl adjacent to an activating group) is 1. The van der Waals surface area contributed by atoms with Gasteiger partial charge in [-0.15, -0.1) is 11.3 Å². The van der Waals surface area contributed by atoms with E-state index in [4.69, 9.17) is 0 Å². The van der Waals surface area contributed by atoms with Crippen molar-refractivity contribution in [2.45, 2.75) is 52.9 Å². The molecule has 0 aromatic carbocycles. The number of amides is 2. The van der Waals surface area contributed by atoms with Crippen LogP contribution in [0.3, 0.4) is 0 Å². The van der Waals surface area contributed by atoms with E-state index in [9.17, 15) is 9.59 Å². The SMILES string of the molecule is CCN(CC(=O)Nc1nc(C)c(C)s1)C(=O)C1CCCCC1. The van der Waals surface area contributed by atoms with E-state index in [1.54, 1.807) is 4.90 Å². The minimum absolute atomic E-state index is 0.103. The predicted molar refractivity (Wildman–Crippen MR) is 89.0 cm³/mol. The summed E-state index contributed by atoms with van der Waals surface area (Å²) in [4.78, 5) is 31.7. The van der Waals surface area contributed by atoms with Crippen LogP contribution in [0, 0.1) is 19.8 Å². The Morgan fingerprint density at radius 3 is 2.50 bits per heavy atom. The van der Waals surface area contributed by atoms with Gasteiger partial charge in [0.05, 0.1) is 12.2 Å². The van der Waals surface area contributed by atoms with E-state index in [1.807, 2.05) is 20.8 Å². The Kier molecular flexibility index (Phi) is 5.94. The quantitative estimate of drug-likeness (QED) is 0.905. The minimum Gasteiger partial charge on any atom is -0.333 e. The molecule has 2 amide bonds. The normalized spacial score (nSPS) is 15.6. The Hall–Kier alpha value is -1.43. The van der Waals surface area contributed by atoms with E-state index < -0.39 is 0 Å². The third-order valence-electron chi connectivity index (χ3n) is 4.26. The molecule has 0 radical (unpaired) electrons. The zero-order valence-corrected chi connectivity index (χ0v) is 14.5. The lowest BCUT2D eigenvalue weighted by Gasteiger charge is -2.27. The second-order valence-electron chi connectivity index (χ2n) is 5.90. The van der Waals surface area contributed by atoms with Gasteiger partial charge in [0.15, 0.2) is 5.13 Å². The van der Waals surface area contributed by atoms with Crippen LogP contribution >= 0.6 is 11.3 Å². The molecule has 1 aliphatic carbocycles. The highest BCUT2D eigenvalue weighted by molar-refractivity contribution is 7.15. The monoisotopic (exact) mass is 323 g/mol. The van der Waals surface area contributed by atoms with E-state index >= 15 is 0 Å². The van der Waals surface area contributed by atoms with Gasteiger partial charge in [-0.25, -0.2) is 4.98 Å². The van der Waals surface area contributed by atoms with Crippen molar-refractivity contribution in [3.8, 4) is 0 Å². The van der Waals surface area contributed by atoms with Crippen molar-refractivity contribution in [2.24, 2.45) is 5.92 Å². The van der Waals surface area contributed by atoms with Gasteiger partial charge in [-0.1, -0.05) is 19.3 Å². The Bertz CT molecular complexity index is 516. The number of aromatic nitrogens is 1. The highest BCUT2D eigenvalue weighted by atomic mass is 32.1. The van der Waals surface area contributed by atoms with Crippen LogP contribution in [0.2, 0.25) is 0 Å². The summed E-state index contributed by atoms with van der Waals surface area (Å²) in [5, 5.41) is 3.41. The molecule has 6 heteroatoms. The zero-order valence-electron chi connectivity index (χ0n) is 13.6. The summed E-state index contributed by atoms with van der Waals surface area (Å²) in [5.74, 6) is 0.0643. The third kappa shape index (κ3) is 4.29. The van der Waals surface area contributed by atoms with Crippen molar-refractivity contribution in [2.75, 3.05) is 18.4 Å². The number of nitrogens with one attached hydrogen (secondary N) is 1. The lowest BCUT2D eigenvalue weighted by atomic mass is 9.88. The molecule has 1 aromatic heterocycles. The summed E-state index contributed by atoms with van der Waals surface area (Å²) in [7, 11) is 0. The number of rotatable bonds is 5. The lowest BCUT2D eigenvalue weighted by molar-refractivity contribution is -0.139. The second-order valence-corrected chi connectivity index (χ2v) is 7.10. The Morgan fingerprint density at radius 1 is 1.27 bits per heavy atom. The summed E-state index contributed by atoms with van der Waals surface area (Å²) in [6.45, 7) is 6.51. The van der Waals surface area contributed by atoms with Crippen molar-refractivity contribution in [3.63, 3.8) is 0 Å². The molecule has 0 bridgehead atoms. The number of carbonyl (C=O) groups is 2. The molecule has 0 spiro atoms. The molecule has 2 rings (SSSR count). The fourth-order valence-electron chi connectivity index (χ4n) is 2.81. The summed E-state index contributed by atoms with van der Waals surface area (Å²) < 4.78 is 0. The van der Waals surface area contributed by atoms with Crippen molar-refractivity contribution in [1.29, 1.82) is 0 Å². The number of anilines is 1. The van der Waals surface area contributed by atoms with E-state index in [1.165, 1.54) is 17.8 Å². The predicted octanol–water partition coefficient (Wildman–Crippen LogP) is 3.13. The topological polar surface area (TPSA) is 62.3 Å². The number of nitrogens with zero attached hydrogens (tertiary/aromatic N) is 2. The van der Waals surface area contributed by atoms with Crippen LogP contribution in [0.15, 0.2) is 0 Å². The fourth-order valence-corrected chi connectivity index (χ4v) is 3.64. The van der Waals surface area contributed by atoms with Gasteiger partial charge in [0.1, 0.15) is 0 Å². The van der Waals surface area contributed by atoms with Crippen LogP contribution in [0.5, 0.6) is 0 Å². The van der Waals surface area contributed by atoms with Gasteiger partial charge in [0, 0.05) is 17.3 Å². The van der Waals surface area contributed by atoms with Gasteiger partial charge in [-0.05, 0) is 33.6 Å². The van der Waals surface area contributed by atoms with Crippen LogP contribution < -0.4 is 5.32 Å². The molecule has 1 saturated carbocycles. The number of hydrogen-bond acceptors (Lipinski definition) is 4. The highest BCUT2D eigenvalue weighted by Gasteiger charge is 2.26. The number of aryl methyl sites for hydroxylation is 2. The molecular weight excluding hydrogens is 298 g/mol. The van der Waals surface area contributed by atoms with Crippen molar-refractivity contribution < 1.29 is 9.59 Å². The summed E-state index contributed by atoms with van der Waals surface area (Å²) in [6, 6.07) is 0. The fraction of sp³-hybridized carbons (Fsp3) is 0.688. The van der Waals surface area contributed by atoms with E-state index in [0.717, 1.165) is 36.3 Å². The first-order valence-corrected chi connectivity index (χ1v) is 8.85. The largest absolute Gasteiger partial charge is 0.333 e. The van der Waals surface area contributed by atoms with Crippen LogP contribution in [0.1, 0.15) is 49.6 Å². The Balaban J connectivity index is 1.91. The third-order valence-corrected chi connectivity index (χ3v) is 5.25. The van der Waals surface area contributed by atoms with Gasteiger partial charge < -0.3 is 10.2 Å². The average molecular weight is 323 g/mol. The average Bonchev–Trinajstić information content (AvgIpc) is 2.83. The van der Waals surface area contributed by atoms with Crippen LogP contribution in [0.4, 0.5) is 5.13 Å². The van der Waals surface area contributed by atoms with Crippen molar-refractivity contribution in [3.05, 3.63) is 10.6 Å². The van der Waals surface area contributed by atoms with Crippen LogP contribution in [-0.2, 0) is 9.59 Å². The maximum atomic E-state index is 12.5. The molecule has 1 fully saturated rings. The molecule has 1 aliphatic rings. The first kappa shape index (κ1) is 16.9. The molecule has 0 atom stereocenters. The van der Waals surface area contributed by atoms with E-state index in [2.05, 4.69) is 10.3 Å². The molecule has 1 N–H and O–H groups in total. The van der Waals surface area contributed by atoms with Crippen LogP contribution in [-0.4, -0.2) is 34.8 Å². The smallest absolute Gasteiger partial charge is 0.245 e. The summed E-state index contributed by atoms with van der Waals surface area (Å²) in [6.07, 6.45) is 5.39. The molecule has 22 heavy (non-hydrogen) atoms. The second kappa shape index (κ2) is 7.72. The molecule has 122 valence electrons. The molecule has 0 saturated heterocycles. The molecular formula is C16H25N3O2S. The first-order valence-electron chi connectivity index (χ1n) is 8.04. The minimum atomic E-state index is -0.167. The Morgan fingerprint density at radius 2 is 1.95 bits per heavy atom. The standard InChI is InChI=1S/C16H25N3O2S/c1-4-19(15(21)13-8-6-5-7-9-13)10-14(20)18-16-17-11(2)12(3)22-16/h13H,4-10H2,1-3H3,(H,17,18,20). The molecule has 0 aliphatic heterocycles. The van der Waals surface area contributed by atoms with Crippen molar-refractivity contribution in [1.82, 2.24) is 9.88 Å². The van der Waals surface area contributed by atoms with Gasteiger partial charge in [-0.3, -0.25) is 9.59 Å². The molecule has 1 aromatic rings. The summed E-state index contributed by atoms with van der Waals surface area (Å²) in [5.41, 5.74) is 0.936. The number of thiazole rings is 1. The molecule has 1 heterocycles. The first-order chi connectivity index (χ1) is 10.5. The molecule has 0 unspecified atom stereocenters. The Labute approximate surface area is 136 Å².